The average molecular weight is 394 g/mol. The van der Waals surface area contributed by atoms with Gasteiger partial charge in [0.25, 0.3) is 5.91 Å². The first-order valence-corrected chi connectivity index (χ1v) is 9.79. The molecule has 0 saturated heterocycles. The highest BCUT2D eigenvalue weighted by molar-refractivity contribution is 5.95. The van der Waals surface area contributed by atoms with Crippen LogP contribution in [0.3, 0.4) is 0 Å². The molecule has 4 nitrogen and oxygen atoms in total. The number of benzene rings is 4. The third-order valence-corrected chi connectivity index (χ3v) is 4.90. The van der Waals surface area contributed by atoms with Gasteiger partial charge in [-0.2, -0.15) is 5.10 Å². The second-order valence-electron chi connectivity index (χ2n) is 7.05. The van der Waals surface area contributed by atoms with Crippen molar-refractivity contribution in [1.29, 1.82) is 0 Å². The lowest BCUT2D eigenvalue weighted by Crippen LogP contribution is -2.17. The fourth-order valence-electron chi connectivity index (χ4n) is 3.13. The van der Waals surface area contributed by atoms with Crippen molar-refractivity contribution in [2.24, 2.45) is 5.10 Å². The summed E-state index contributed by atoms with van der Waals surface area (Å²) in [5, 5.41) is 6.38. The largest absolute Gasteiger partial charge is 0.489 e. The Morgan fingerprint density at radius 3 is 2.43 bits per heavy atom. The van der Waals surface area contributed by atoms with Crippen molar-refractivity contribution in [3.63, 3.8) is 0 Å². The number of rotatable bonds is 6. The molecule has 4 rings (SSSR count). The number of carbonyl (C=O) groups is 1. The molecule has 0 saturated carbocycles. The maximum atomic E-state index is 12.3. The molecule has 0 atom stereocenters. The Bertz CT molecular complexity index is 1200. The first-order chi connectivity index (χ1) is 14.7. The summed E-state index contributed by atoms with van der Waals surface area (Å²) in [6, 6.07) is 29.4. The molecule has 0 aliphatic heterocycles. The van der Waals surface area contributed by atoms with Crippen LogP contribution in [0.5, 0.6) is 5.75 Å². The van der Waals surface area contributed by atoms with Crippen molar-refractivity contribution in [3.05, 3.63) is 113 Å². The van der Waals surface area contributed by atoms with Gasteiger partial charge in [-0.3, -0.25) is 4.79 Å². The highest BCUT2D eigenvalue weighted by Gasteiger charge is 2.05. The van der Waals surface area contributed by atoms with E-state index in [1.165, 1.54) is 5.39 Å². The summed E-state index contributed by atoms with van der Waals surface area (Å²) in [5.41, 5.74) is 6.18. The molecule has 0 unspecified atom stereocenters. The zero-order chi connectivity index (χ0) is 20.8. The minimum atomic E-state index is -0.248. The Kier molecular flexibility index (Phi) is 5.85. The second kappa shape index (κ2) is 9.05. The number of hydrogen-bond donors (Lipinski definition) is 1. The molecule has 0 aromatic heterocycles. The fraction of sp³-hybridized carbons (Fsp3) is 0.0769. The van der Waals surface area contributed by atoms with Crippen molar-refractivity contribution < 1.29 is 9.53 Å². The third-order valence-electron chi connectivity index (χ3n) is 4.90. The summed E-state index contributed by atoms with van der Waals surface area (Å²) in [5.74, 6) is 0.572. The van der Waals surface area contributed by atoms with Gasteiger partial charge in [0.2, 0.25) is 0 Å². The van der Waals surface area contributed by atoms with Crippen LogP contribution in [0.25, 0.3) is 10.8 Å². The predicted octanol–water partition coefficient (Wildman–Crippen LogP) is 5.49. The number of carbonyl (C=O) groups excluding carboxylic acids is 1. The summed E-state index contributed by atoms with van der Waals surface area (Å²) < 4.78 is 5.90. The monoisotopic (exact) mass is 394 g/mol. The van der Waals surface area contributed by atoms with Crippen LogP contribution in [0.2, 0.25) is 0 Å². The number of aryl methyl sites for hydroxylation is 1. The summed E-state index contributed by atoms with van der Waals surface area (Å²) in [7, 11) is 0. The Balaban J connectivity index is 1.34. The first kappa shape index (κ1) is 19.4. The molecule has 4 aromatic carbocycles. The Morgan fingerprint density at radius 2 is 1.63 bits per heavy atom. The molecule has 4 heteroatoms. The molecule has 0 aliphatic carbocycles. The molecule has 0 bridgehead atoms. The lowest BCUT2D eigenvalue weighted by Gasteiger charge is -2.08. The van der Waals surface area contributed by atoms with Crippen molar-refractivity contribution in [2.45, 2.75) is 13.5 Å². The molecular weight excluding hydrogens is 372 g/mol. The topological polar surface area (TPSA) is 50.7 Å². The highest BCUT2D eigenvalue weighted by Crippen LogP contribution is 2.21. The molecule has 0 aliphatic rings. The standard InChI is InChI=1S/C26H22N2O2/c1-19-6-2-3-9-24(19)17-27-28-26(29)22-12-10-20(11-13-22)18-30-25-15-14-21-7-4-5-8-23(21)16-25/h2-17H,18H2,1H3,(H,28,29)/b27-17-. The molecule has 30 heavy (non-hydrogen) atoms. The first-order valence-electron chi connectivity index (χ1n) is 9.79. The van der Waals surface area contributed by atoms with Crippen molar-refractivity contribution in [2.75, 3.05) is 0 Å². The van der Waals surface area contributed by atoms with Gasteiger partial charge in [-0.25, -0.2) is 5.43 Å². The number of nitrogens with zero attached hydrogens (tertiary/aromatic N) is 1. The Morgan fingerprint density at radius 1 is 0.900 bits per heavy atom. The van der Waals surface area contributed by atoms with E-state index < -0.39 is 0 Å². The smallest absolute Gasteiger partial charge is 0.271 e. The van der Waals surface area contributed by atoms with Gasteiger partial charge in [0.1, 0.15) is 12.4 Å². The number of amides is 1. The van der Waals surface area contributed by atoms with Gasteiger partial charge in [-0.1, -0.05) is 66.7 Å². The van der Waals surface area contributed by atoms with Gasteiger partial charge in [0.15, 0.2) is 0 Å². The molecule has 148 valence electrons. The molecule has 4 aromatic rings. The van der Waals surface area contributed by atoms with Crippen molar-refractivity contribution in [1.82, 2.24) is 5.43 Å². The van der Waals surface area contributed by atoms with Crippen LogP contribution in [0.1, 0.15) is 27.0 Å². The zero-order valence-corrected chi connectivity index (χ0v) is 16.7. The lowest BCUT2D eigenvalue weighted by atomic mass is 10.1. The van der Waals surface area contributed by atoms with Crippen LogP contribution in [-0.2, 0) is 6.61 Å². The molecule has 1 amide bonds. The number of hydrogen-bond acceptors (Lipinski definition) is 3. The summed E-state index contributed by atoms with van der Waals surface area (Å²) in [4.78, 5) is 12.3. The quantitative estimate of drug-likeness (QED) is 0.347. The minimum Gasteiger partial charge on any atom is -0.489 e. The predicted molar refractivity (Wildman–Crippen MR) is 121 cm³/mol. The molecule has 0 radical (unpaired) electrons. The van der Waals surface area contributed by atoms with Crippen LogP contribution >= 0.6 is 0 Å². The van der Waals surface area contributed by atoms with Gasteiger partial charge in [-0.15, -0.1) is 0 Å². The summed E-state index contributed by atoms with van der Waals surface area (Å²) >= 11 is 0. The van der Waals surface area contributed by atoms with Gasteiger partial charge >= 0.3 is 0 Å². The van der Waals surface area contributed by atoms with E-state index in [1.54, 1.807) is 18.3 Å². The summed E-state index contributed by atoms with van der Waals surface area (Å²) in [6.45, 7) is 2.44. The van der Waals surface area contributed by atoms with E-state index in [4.69, 9.17) is 4.74 Å². The zero-order valence-electron chi connectivity index (χ0n) is 16.7. The van der Waals surface area contributed by atoms with E-state index in [0.717, 1.165) is 27.8 Å². The molecular formula is C26H22N2O2. The van der Waals surface area contributed by atoms with Crippen molar-refractivity contribution >= 4 is 22.9 Å². The van der Waals surface area contributed by atoms with E-state index in [-0.39, 0.29) is 5.91 Å². The SMILES string of the molecule is Cc1ccccc1/C=N\NC(=O)c1ccc(COc2ccc3ccccc3c2)cc1. The van der Waals surface area contributed by atoms with E-state index >= 15 is 0 Å². The molecule has 1 N–H and O–H groups in total. The summed E-state index contributed by atoms with van der Waals surface area (Å²) in [6.07, 6.45) is 1.65. The molecule has 0 heterocycles. The van der Waals surface area contributed by atoms with Gasteiger partial charge in [0, 0.05) is 5.56 Å². The van der Waals surface area contributed by atoms with Crippen LogP contribution in [-0.4, -0.2) is 12.1 Å². The third kappa shape index (κ3) is 4.73. The van der Waals surface area contributed by atoms with Crippen molar-refractivity contribution in [3.8, 4) is 5.75 Å². The number of ether oxygens (including phenoxy) is 1. The van der Waals surface area contributed by atoms with E-state index in [9.17, 15) is 4.79 Å². The van der Waals surface area contributed by atoms with E-state index in [2.05, 4.69) is 28.7 Å². The molecule has 0 fully saturated rings. The van der Waals surface area contributed by atoms with Crippen LogP contribution < -0.4 is 10.2 Å². The Hall–Kier alpha value is -3.92. The normalized spacial score (nSPS) is 11.0. The average Bonchev–Trinajstić information content (AvgIpc) is 2.79. The number of nitrogens with one attached hydrogen (secondary N) is 1. The van der Waals surface area contributed by atoms with Crippen LogP contribution in [0.15, 0.2) is 96.1 Å². The van der Waals surface area contributed by atoms with Crippen LogP contribution in [0.4, 0.5) is 0 Å². The minimum absolute atomic E-state index is 0.248. The second-order valence-corrected chi connectivity index (χ2v) is 7.05. The van der Waals surface area contributed by atoms with Gasteiger partial charge in [-0.05, 0) is 58.7 Å². The number of fused-ring (bicyclic) bond motifs is 1. The van der Waals surface area contributed by atoms with E-state index in [1.807, 2.05) is 67.6 Å². The maximum absolute atomic E-state index is 12.3. The highest BCUT2D eigenvalue weighted by atomic mass is 16.5. The lowest BCUT2D eigenvalue weighted by molar-refractivity contribution is 0.0955. The van der Waals surface area contributed by atoms with Crippen LogP contribution in [0, 0.1) is 6.92 Å². The fourth-order valence-corrected chi connectivity index (χ4v) is 3.13. The number of hydrazone groups is 1. The molecule has 0 spiro atoms. The maximum Gasteiger partial charge on any atom is 0.271 e. The Labute approximate surface area is 175 Å². The van der Waals surface area contributed by atoms with E-state index in [0.29, 0.717) is 12.2 Å². The van der Waals surface area contributed by atoms with Gasteiger partial charge < -0.3 is 4.74 Å². The van der Waals surface area contributed by atoms with Gasteiger partial charge in [0.05, 0.1) is 6.21 Å².